The summed E-state index contributed by atoms with van der Waals surface area (Å²) in [5.74, 6) is -2.28. The monoisotopic (exact) mass is 438 g/mol. The standard InChI is InChI=1S/C17H26O13/c1-6(19)26-10-5-25-17(15(28-8(3)21)13(10)27-7(2)20)30-14-11(22)9(4-18)29-16(24)12(14)23/h9-18,22-24H,4-5H2,1-3H3/t9-,10-,11-,12+,13-,14+,15+,16+,17-/m1/s1. The lowest BCUT2D eigenvalue weighted by Crippen LogP contribution is -2.64. The van der Waals surface area contributed by atoms with Gasteiger partial charge in [0.05, 0.1) is 13.2 Å². The number of aliphatic hydroxyl groups is 4. The van der Waals surface area contributed by atoms with Gasteiger partial charge in [-0.15, -0.1) is 0 Å². The van der Waals surface area contributed by atoms with Crippen LogP contribution >= 0.6 is 0 Å². The van der Waals surface area contributed by atoms with Gasteiger partial charge in [-0.1, -0.05) is 0 Å². The first-order chi connectivity index (χ1) is 14.0. The summed E-state index contributed by atoms with van der Waals surface area (Å²) in [6.45, 7) is 2.27. The zero-order valence-electron chi connectivity index (χ0n) is 16.6. The van der Waals surface area contributed by atoms with E-state index in [1.165, 1.54) is 0 Å². The molecule has 0 saturated carbocycles. The Labute approximate surface area is 171 Å². The number of hydrogen-bond donors (Lipinski definition) is 4. The average Bonchev–Trinajstić information content (AvgIpc) is 2.64. The number of carbonyl (C=O) groups excluding carboxylic acids is 3. The molecule has 0 aromatic rings. The van der Waals surface area contributed by atoms with Gasteiger partial charge in [-0.25, -0.2) is 0 Å². The molecule has 0 aromatic heterocycles. The summed E-state index contributed by atoms with van der Waals surface area (Å²) in [4.78, 5) is 34.5. The largest absolute Gasteiger partial charge is 0.456 e. The molecule has 0 aromatic carbocycles. The quantitative estimate of drug-likeness (QED) is 0.242. The molecule has 2 aliphatic rings. The highest BCUT2D eigenvalue weighted by Crippen LogP contribution is 2.30. The van der Waals surface area contributed by atoms with E-state index in [-0.39, 0.29) is 6.61 Å². The fraction of sp³-hybridized carbons (Fsp3) is 0.824. The van der Waals surface area contributed by atoms with E-state index >= 15 is 0 Å². The van der Waals surface area contributed by atoms with Gasteiger partial charge in [0.15, 0.2) is 30.9 Å². The van der Waals surface area contributed by atoms with Gasteiger partial charge in [0.2, 0.25) is 0 Å². The Morgan fingerprint density at radius 1 is 0.867 bits per heavy atom. The molecule has 9 atom stereocenters. The Balaban J connectivity index is 2.28. The highest BCUT2D eigenvalue weighted by atomic mass is 16.7. The third-order valence-corrected chi connectivity index (χ3v) is 4.44. The van der Waals surface area contributed by atoms with E-state index < -0.39 is 79.8 Å². The van der Waals surface area contributed by atoms with Crippen LogP contribution in [-0.2, 0) is 42.8 Å². The van der Waals surface area contributed by atoms with Gasteiger partial charge in [0.25, 0.3) is 0 Å². The van der Waals surface area contributed by atoms with Crippen molar-refractivity contribution in [1.29, 1.82) is 0 Å². The van der Waals surface area contributed by atoms with Gasteiger partial charge in [-0.2, -0.15) is 0 Å². The number of rotatable bonds is 6. The molecule has 2 saturated heterocycles. The van der Waals surface area contributed by atoms with Crippen LogP contribution in [0.15, 0.2) is 0 Å². The minimum atomic E-state index is -1.79. The molecule has 4 N–H and O–H groups in total. The van der Waals surface area contributed by atoms with Crippen molar-refractivity contribution < 1.29 is 63.2 Å². The molecule has 13 nitrogen and oxygen atoms in total. The highest BCUT2D eigenvalue weighted by molar-refractivity contribution is 5.68. The lowest BCUT2D eigenvalue weighted by atomic mass is 9.98. The minimum Gasteiger partial charge on any atom is -0.456 e. The second-order valence-electron chi connectivity index (χ2n) is 6.83. The van der Waals surface area contributed by atoms with E-state index in [2.05, 4.69) is 0 Å². The molecule has 2 fully saturated rings. The average molecular weight is 438 g/mol. The van der Waals surface area contributed by atoms with E-state index in [9.17, 15) is 34.8 Å². The van der Waals surface area contributed by atoms with Crippen molar-refractivity contribution in [3.63, 3.8) is 0 Å². The van der Waals surface area contributed by atoms with Crippen molar-refractivity contribution in [2.45, 2.75) is 76.1 Å². The molecule has 30 heavy (non-hydrogen) atoms. The maximum Gasteiger partial charge on any atom is 0.303 e. The van der Waals surface area contributed by atoms with Crippen molar-refractivity contribution in [2.75, 3.05) is 13.2 Å². The number of ether oxygens (including phenoxy) is 6. The Morgan fingerprint density at radius 3 is 1.97 bits per heavy atom. The number of hydrogen-bond acceptors (Lipinski definition) is 13. The topological polar surface area (TPSA) is 188 Å². The van der Waals surface area contributed by atoms with Crippen molar-refractivity contribution in [2.24, 2.45) is 0 Å². The molecular formula is C17H26O13. The molecule has 13 heteroatoms. The van der Waals surface area contributed by atoms with E-state index in [1.807, 2.05) is 0 Å². The summed E-state index contributed by atoms with van der Waals surface area (Å²) in [6.07, 6.45) is -13.3. The Morgan fingerprint density at radius 2 is 1.43 bits per heavy atom. The summed E-state index contributed by atoms with van der Waals surface area (Å²) in [5, 5.41) is 39.5. The summed E-state index contributed by atoms with van der Waals surface area (Å²) in [7, 11) is 0. The van der Waals surface area contributed by atoms with Crippen molar-refractivity contribution in [3.8, 4) is 0 Å². The van der Waals surface area contributed by atoms with Crippen LogP contribution in [0.5, 0.6) is 0 Å². The van der Waals surface area contributed by atoms with Crippen LogP contribution in [0.1, 0.15) is 20.8 Å². The Bertz CT molecular complexity index is 625. The molecule has 2 heterocycles. The Kier molecular flexibility index (Phi) is 8.49. The number of esters is 3. The predicted molar refractivity (Wildman–Crippen MR) is 91.3 cm³/mol. The number of aliphatic hydroxyl groups excluding tert-OH is 4. The zero-order chi connectivity index (χ0) is 22.6. The first-order valence-corrected chi connectivity index (χ1v) is 9.14. The zero-order valence-corrected chi connectivity index (χ0v) is 16.6. The molecular weight excluding hydrogens is 412 g/mol. The normalized spacial score (nSPS) is 39.1. The molecule has 2 rings (SSSR count). The van der Waals surface area contributed by atoms with Crippen LogP contribution in [-0.4, -0.2) is 107 Å². The van der Waals surface area contributed by atoms with Crippen LogP contribution < -0.4 is 0 Å². The third kappa shape index (κ3) is 5.85. The van der Waals surface area contributed by atoms with Crippen LogP contribution in [0.25, 0.3) is 0 Å². The predicted octanol–water partition coefficient (Wildman–Crippen LogP) is -3.05. The van der Waals surface area contributed by atoms with E-state index in [0.717, 1.165) is 20.8 Å². The van der Waals surface area contributed by atoms with Crippen LogP contribution in [0.2, 0.25) is 0 Å². The second kappa shape index (κ2) is 10.4. The van der Waals surface area contributed by atoms with Crippen molar-refractivity contribution in [3.05, 3.63) is 0 Å². The molecule has 0 bridgehead atoms. The summed E-state index contributed by atoms with van der Waals surface area (Å²) in [5.41, 5.74) is 0. The van der Waals surface area contributed by atoms with Crippen LogP contribution in [0.3, 0.4) is 0 Å². The van der Waals surface area contributed by atoms with Gasteiger partial charge in [-0.3, -0.25) is 14.4 Å². The van der Waals surface area contributed by atoms with Crippen LogP contribution in [0, 0.1) is 0 Å². The molecule has 0 radical (unpaired) electrons. The lowest BCUT2D eigenvalue weighted by molar-refractivity contribution is -0.344. The third-order valence-electron chi connectivity index (χ3n) is 4.44. The smallest absolute Gasteiger partial charge is 0.303 e. The fourth-order valence-corrected chi connectivity index (χ4v) is 3.21. The van der Waals surface area contributed by atoms with Gasteiger partial charge in [-0.05, 0) is 0 Å². The van der Waals surface area contributed by atoms with E-state index in [1.54, 1.807) is 0 Å². The van der Waals surface area contributed by atoms with Crippen molar-refractivity contribution >= 4 is 17.9 Å². The van der Waals surface area contributed by atoms with Crippen LogP contribution in [0.4, 0.5) is 0 Å². The summed E-state index contributed by atoms with van der Waals surface area (Å²) in [6, 6.07) is 0. The second-order valence-corrected chi connectivity index (χ2v) is 6.83. The summed E-state index contributed by atoms with van der Waals surface area (Å²) >= 11 is 0. The van der Waals surface area contributed by atoms with Gasteiger partial charge >= 0.3 is 17.9 Å². The van der Waals surface area contributed by atoms with Gasteiger partial charge in [0.1, 0.15) is 24.4 Å². The minimum absolute atomic E-state index is 0.332. The maximum absolute atomic E-state index is 11.6. The molecule has 172 valence electrons. The van der Waals surface area contributed by atoms with E-state index in [4.69, 9.17) is 28.4 Å². The highest BCUT2D eigenvalue weighted by Gasteiger charge is 2.52. The lowest BCUT2D eigenvalue weighted by Gasteiger charge is -2.45. The maximum atomic E-state index is 11.6. The van der Waals surface area contributed by atoms with Crippen molar-refractivity contribution in [1.82, 2.24) is 0 Å². The SMILES string of the molecule is CC(=O)O[C@@H]1[C@@H](O[C@@H]2[C@H](O)[C@@H](O)O[C@H](CO)[C@H]2O)OC[C@@H](OC(C)=O)[C@H]1OC(C)=O. The molecule has 0 amide bonds. The van der Waals surface area contributed by atoms with E-state index in [0.29, 0.717) is 0 Å². The molecule has 0 spiro atoms. The first-order valence-electron chi connectivity index (χ1n) is 9.14. The van der Waals surface area contributed by atoms with Gasteiger partial charge in [0, 0.05) is 20.8 Å². The first kappa shape index (κ1) is 24.4. The molecule has 0 unspecified atom stereocenters. The fourth-order valence-electron chi connectivity index (χ4n) is 3.21. The number of carbonyl (C=O) groups is 3. The molecule has 2 aliphatic heterocycles. The summed E-state index contributed by atoms with van der Waals surface area (Å²) < 4.78 is 31.3. The molecule has 0 aliphatic carbocycles. The Hall–Kier alpha value is -1.87. The van der Waals surface area contributed by atoms with Gasteiger partial charge < -0.3 is 48.8 Å².